The van der Waals surface area contributed by atoms with Gasteiger partial charge in [-0.3, -0.25) is 4.79 Å². The molecule has 2 aromatic carbocycles. The molecule has 1 N–H and O–H groups in total. The van der Waals surface area contributed by atoms with Gasteiger partial charge in [0.15, 0.2) is 6.61 Å². The highest BCUT2D eigenvalue weighted by molar-refractivity contribution is 5.80. The summed E-state index contributed by atoms with van der Waals surface area (Å²) in [5.74, 6) is -0.601. The molecule has 0 unspecified atom stereocenters. The summed E-state index contributed by atoms with van der Waals surface area (Å²) in [7, 11) is 3.94. The molecule has 0 aromatic heterocycles. The molecule has 0 saturated carbocycles. The fourth-order valence-corrected chi connectivity index (χ4v) is 2.17. The number of amides is 1. The second kappa shape index (κ2) is 8.82. The number of anilines is 1. The van der Waals surface area contributed by atoms with E-state index in [2.05, 4.69) is 10.5 Å². The minimum Gasteiger partial charge on any atom is -0.386 e. The third-order valence-corrected chi connectivity index (χ3v) is 3.63. The number of hydrogen-bond acceptors (Lipinski definition) is 4. The first-order valence-electron chi connectivity index (χ1n) is 7.93. The van der Waals surface area contributed by atoms with E-state index < -0.39 is 0 Å². The molecule has 6 heteroatoms. The lowest BCUT2D eigenvalue weighted by Gasteiger charge is -2.13. The van der Waals surface area contributed by atoms with E-state index in [0.29, 0.717) is 0 Å². The van der Waals surface area contributed by atoms with Crippen molar-refractivity contribution >= 4 is 17.8 Å². The summed E-state index contributed by atoms with van der Waals surface area (Å²) in [5.41, 5.74) is 2.79. The highest BCUT2D eigenvalue weighted by atomic mass is 19.1. The average molecular weight is 343 g/mol. The van der Waals surface area contributed by atoms with E-state index in [4.69, 9.17) is 4.84 Å². The van der Waals surface area contributed by atoms with Crippen molar-refractivity contribution in [3.05, 3.63) is 65.5 Å². The summed E-state index contributed by atoms with van der Waals surface area (Å²) in [6.45, 7) is 1.64. The molecule has 0 saturated heterocycles. The Morgan fingerprint density at radius 1 is 1.20 bits per heavy atom. The van der Waals surface area contributed by atoms with Crippen molar-refractivity contribution in [2.24, 2.45) is 5.16 Å². The van der Waals surface area contributed by atoms with Crippen LogP contribution in [0.15, 0.2) is 53.7 Å². The van der Waals surface area contributed by atoms with Crippen molar-refractivity contribution in [3.8, 4) is 0 Å². The monoisotopic (exact) mass is 343 g/mol. The topological polar surface area (TPSA) is 53.9 Å². The lowest BCUT2D eigenvalue weighted by Crippen LogP contribution is -2.29. The Hall–Kier alpha value is -2.89. The molecule has 0 aliphatic heterocycles. The third-order valence-electron chi connectivity index (χ3n) is 3.63. The SMILES string of the molecule is C[C@H](NC(=O)CO/N=C\c1ccc(N(C)C)cc1)c1ccc(F)cc1. The van der Waals surface area contributed by atoms with Crippen LogP contribution in [-0.4, -0.2) is 32.8 Å². The van der Waals surface area contributed by atoms with Crippen LogP contribution in [0.25, 0.3) is 0 Å². The number of rotatable bonds is 7. The summed E-state index contributed by atoms with van der Waals surface area (Å²) in [6.07, 6.45) is 1.55. The number of carbonyl (C=O) groups is 1. The summed E-state index contributed by atoms with van der Waals surface area (Å²) < 4.78 is 12.9. The molecule has 0 bridgehead atoms. The van der Waals surface area contributed by atoms with Crippen molar-refractivity contribution in [1.82, 2.24) is 5.32 Å². The van der Waals surface area contributed by atoms with Crippen molar-refractivity contribution in [1.29, 1.82) is 0 Å². The van der Waals surface area contributed by atoms with Gasteiger partial charge in [0.2, 0.25) is 0 Å². The van der Waals surface area contributed by atoms with Crippen LogP contribution in [0.2, 0.25) is 0 Å². The highest BCUT2D eigenvalue weighted by Gasteiger charge is 2.09. The molecule has 0 aliphatic carbocycles. The predicted molar refractivity (Wildman–Crippen MR) is 97.3 cm³/mol. The predicted octanol–water partition coefficient (Wildman–Crippen LogP) is 3.12. The number of halogens is 1. The molecule has 5 nitrogen and oxygen atoms in total. The number of oxime groups is 1. The van der Waals surface area contributed by atoms with E-state index in [-0.39, 0.29) is 24.4 Å². The number of carbonyl (C=O) groups excluding carboxylic acids is 1. The molecular weight excluding hydrogens is 321 g/mol. The minimum absolute atomic E-state index is 0.183. The molecule has 2 aromatic rings. The van der Waals surface area contributed by atoms with Gasteiger partial charge >= 0.3 is 0 Å². The number of benzene rings is 2. The van der Waals surface area contributed by atoms with Gasteiger partial charge < -0.3 is 15.1 Å². The molecule has 2 rings (SSSR count). The molecule has 1 atom stereocenters. The molecule has 132 valence electrons. The normalized spacial score (nSPS) is 12.0. The Morgan fingerprint density at radius 2 is 1.84 bits per heavy atom. The van der Waals surface area contributed by atoms with Crippen molar-refractivity contribution in [3.63, 3.8) is 0 Å². The van der Waals surface area contributed by atoms with Gasteiger partial charge in [0.1, 0.15) is 5.82 Å². The quantitative estimate of drug-likeness (QED) is 0.621. The zero-order valence-corrected chi connectivity index (χ0v) is 14.6. The van der Waals surface area contributed by atoms with Crippen LogP contribution in [0.1, 0.15) is 24.1 Å². The van der Waals surface area contributed by atoms with E-state index in [9.17, 15) is 9.18 Å². The maximum absolute atomic E-state index is 12.9. The summed E-state index contributed by atoms with van der Waals surface area (Å²) >= 11 is 0. The fraction of sp³-hybridized carbons (Fsp3) is 0.263. The molecule has 0 spiro atoms. The van der Waals surface area contributed by atoms with Crippen molar-refractivity contribution in [2.75, 3.05) is 25.6 Å². The first kappa shape index (κ1) is 18.4. The fourth-order valence-electron chi connectivity index (χ4n) is 2.17. The Bertz CT molecular complexity index is 712. The van der Waals surface area contributed by atoms with Gasteiger partial charge in [0.25, 0.3) is 5.91 Å². The largest absolute Gasteiger partial charge is 0.386 e. The summed E-state index contributed by atoms with van der Waals surface area (Å²) in [6, 6.07) is 13.5. The Kier molecular flexibility index (Phi) is 6.51. The molecule has 0 fully saturated rings. The van der Waals surface area contributed by atoms with Crippen LogP contribution in [-0.2, 0) is 9.63 Å². The second-order valence-electron chi connectivity index (χ2n) is 5.83. The van der Waals surface area contributed by atoms with Crippen LogP contribution >= 0.6 is 0 Å². The van der Waals surface area contributed by atoms with Gasteiger partial charge in [0.05, 0.1) is 12.3 Å². The van der Waals surface area contributed by atoms with Gasteiger partial charge in [-0.2, -0.15) is 0 Å². The maximum Gasteiger partial charge on any atom is 0.261 e. The van der Waals surface area contributed by atoms with E-state index in [0.717, 1.165) is 16.8 Å². The lowest BCUT2D eigenvalue weighted by molar-refractivity contribution is -0.126. The molecule has 0 heterocycles. The van der Waals surface area contributed by atoms with Gasteiger partial charge in [0, 0.05) is 19.8 Å². The first-order valence-corrected chi connectivity index (χ1v) is 7.93. The Balaban J connectivity index is 1.76. The van der Waals surface area contributed by atoms with Crippen LogP contribution in [0.4, 0.5) is 10.1 Å². The van der Waals surface area contributed by atoms with Gasteiger partial charge in [-0.15, -0.1) is 0 Å². The zero-order chi connectivity index (χ0) is 18.2. The molecule has 0 aliphatic rings. The highest BCUT2D eigenvalue weighted by Crippen LogP contribution is 2.13. The molecule has 0 radical (unpaired) electrons. The average Bonchev–Trinajstić information content (AvgIpc) is 2.59. The van der Waals surface area contributed by atoms with E-state index in [1.165, 1.54) is 12.1 Å². The molecule has 25 heavy (non-hydrogen) atoms. The van der Waals surface area contributed by atoms with Crippen molar-refractivity contribution in [2.45, 2.75) is 13.0 Å². The van der Waals surface area contributed by atoms with Crippen LogP contribution < -0.4 is 10.2 Å². The molecular formula is C19H22FN3O2. The number of hydrogen-bond donors (Lipinski definition) is 1. The summed E-state index contributed by atoms with van der Waals surface area (Å²) in [4.78, 5) is 18.9. The lowest BCUT2D eigenvalue weighted by atomic mass is 10.1. The standard InChI is InChI=1S/C19H22FN3O2/c1-14(16-6-8-17(20)9-7-16)22-19(24)13-25-21-12-15-4-10-18(11-5-15)23(2)3/h4-12,14H,13H2,1-3H3,(H,22,24)/b21-12-/t14-/m0/s1. The Labute approximate surface area is 147 Å². The van der Waals surface area contributed by atoms with Gasteiger partial charge in [-0.1, -0.05) is 29.4 Å². The van der Waals surface area contributed by atoms with Crippen LogP contribution in [0.5, 0.6) is 0 Å². The second-order valence-corrected chi connectivity index (χ2v) is 5.83. The maximum atomic E-state index is 12.9. The molecule has 1 amide bonds. The minimum atomic E-state index is -0.307. The smallest absolute Gasteiger partial charge is 0.261 e. The van der Waals surface area contributed by atoms with E-state index in [1.54, 1.807) is 18.3 Å². The third kappa shape index (κ3) is 5.91. The van der Waals surface area contributed by atoms with Crippen molar-refractivity contribution < 1.29 is 14.0 Å². The summed E-state index contributed by atoms with van der Waals surface area (Å²) in [5, 5.41) is 6.57. The van der Waals surface area contributed by atoms with Gasteiger partial charge in [-0.05, 0) is 42.3 Å². The first-order chi connectivity index (χ1) is 12.0. The number of nitrogens with zero attached hydrogens (tertiary/aromatic N) is 2. The number of nitrogens with one attached hydrogen (secondary N) is 1. The van der Waals surface area contributed by atoms with Crippen LogP contribution in [0, 0.1) is 5.82 Å². The van der Waals surface area contributed by atoms with Crippen LogP contribution in [0.3, 0.4) is 0 Å². The van der Waals surface area contributed by atoms with Gasteiger partial charge in [-0.25, -0.2) is 4.39 Å². The van der Waals surface area contributed by atoms with E-state index >= 15 is 0 Å². The Morgan fingerprint density at radius 3 is 2.44 bits per heavy atom. The van der Waals surface area contributed by atoms with E-state index in [1.807, 2.05) is 50.2 Å². The zero-order valence-electron chi connectivity index (χ0n) is 14.6.